The fourth-order valence-electron chi connectivity index (χ4n) is 1.57. The predicted molar refractivity (Wildman–Crippen MR) is 69.1 cm³/mol. The van der Waals surface area contributed by atoms with Crippen LogP contribution in [-0.2, 0) is 16.1 Å². The lowest BCUT2D eigenvalue weighted by Crippen LogP contribution is -2.36. The maximum atomic E-state index is 11.5. The maximum Gasteiger partial charge on any atom is 0.312 e. The largest absolute Gasteiger partial charge is 0.469 e. The van der Waals surface area contributed by atoms with E-state index in [1.807, 2.05) is 27.7 Å². The van der Waals surface area contributed by atoms with Gasteiger partial charge in [-0.05, 0) is 27.7 Å². The lowest BCUT2D eigenvalue weighted by molar-refractivity contribution is -0.150. The summed E-state index contributed by atoms with van der Waals surface area (Å²) in [4.78, 5) is 17.1. The molecule has 0 atom stereocenters. The Hall–Kier alpha value is -0.940. The third-order valence-electron chi connectivity index (χ3n) is 2.59. The zero-order chi connectivity index (χ0) is 13.1. The quantitative estimate of drug-likeness (QED) is 0.819. The van der Waals surface area contributed by atoms with E-state index in [2.05, 4.69) is 10.3 Å². The molecule has 1 aromatic heterocycles. The Morgan fingerprint density at radius 1 is 1.47 bits per heavy atom. The van der Waals surface area contributed by atoms with Crippen molar-refractivity contribution in [2.24, 2.45) is 5.41 Å². The fourth-order valence-corrected chi connectivity index (χ4v) is 2.48. The van der Waals surface area contributed by atoms with Gasteiger partial charge in [0.15, 0.2) is 0 Å². The molecule has 96 valence electrons. The molecule has 1 heterocycles. The van der Waals surface area contributed by atoms with Crippen LogP contribution in [0, 0.1) is 19.3 Å². The number of hydrogen-bond acceptors (Lipinski definition) is 5. The number of esters is 1. The summed E-state index contributed by atoms with van der Waals surface area (Å²) in [5.74, 6) is -0.192. The van der Waals surface area contributed by atoms with Crippen LogP contribution in [0.3, 0.4) is 0 Å². The van der Waals surface area contributed by atoms with Gasteiger partial charge >= 0.3 is 5.97 Å². The van der Waals surface area contributed by atoms with Crippen LogP contribution in [0.25, 0.3) is 0 Å². The molecular weight excluding hydrogens is 236 g/mol. The van der Waals surface area contributed by atoms with Crippen molar-refractivity contribution >= 4 is 17.3 Å². The maximum absolute atomic E-state index is 11.5. The number of rotatable bonds is 5. The second-order valence-electron chi connectivity index (χ2n) is 4.72. The minimum Gasteiger partial charge on any atom is -0.469 e. The molecule has 0 fully saturated rings. The van der Waals surface area contributed by atoms with Gasteiger partial charge in [-0.25, -0.2) is 4.98 Å². The highest BCUT2D eigenvalue weighted by Gasteiger charge is 2.28. The lowest BCUT2D eigenvalue weighted by Gasteiger charge is -2.21. The highest BCUT2D eigenvalue weighted by atomic mass is 32.1. The van der Waals surface area contributed by atoms with Gasteiger partial charge in [-0.1, -0.05) is 0 Å². The fraction of sp³-hybridized carbons (Fsp3) is 0.667. The molecule has 0 unspecified atom stereocenters. The third kappa shape index (κ3) is 3.78. The minimum atomic E-state index is -0.498. The molecule has 0 radical (unpaired) electrons. The van der Waals surface area contributed by atoms with E-state index < -0.39 is 5.41 Å². The van der Waals surface area contributed by atoms with E-state index in [0.717, 1.165) is 17.2 Å². The zero-order valence-electron chi connectivity index (χ0n) is 11.1. The van der Waals surface area contributed by atoms with Crippen molar-refractivity contribution in [1.29, 1.82) is 0 Å². The number of carbonyl (C=O) groups excluding carboxylic acids is 1. The normalized spacial score (nSPS) is 11.6. The summed E-state index contributed by atoms with van der Waals surface area (Å²) in [7, 11) is 1.42. The van der Waals surface area contributed by atoms with Gasteiger partial charge in [0.2, 0.25) is 0 Å². The molecule has 4 nitrogen and oxygen atoms in total. The molecule has 0 aliphatic heterocycles. The molecule has 1 aromatic rings. The molecule has 0 aromatic carbocycles. The van der Waals surface area contributed by atoms with Crippen molar-refractivity contribution in [3.63, 3.8) is 0 Å². The Kier molecular flexibility index (Phi) is 4.65. The highest BCUT2D eigenvalue weighted by molar-refractivity contribution is 7.11. The standard InChI is InChI=1S/C12H20N2O2S/c1-8-10(17-9(2)14-8)6-13-7-12(3,4)11(15)16-5/h13H,6-7H2,1-5H3. The van der Waals surface area contributed by atoms with Crippen LogP contribution in [0.1, 0.15) is 29.4 Å². The smallest absolute Gasteiger partial charge is 0.312 e. The summed E-state index contributed by atoms with van der Waals surface area (Å²) >= 11 is 1.69. The second kappa shape index (κ2) is 5.60. The first-order valence-corrected chi connectivity index (χ1v) is 6.40. The van der Waals surface area contributed by atoms with E-state index in [0.29, 0.717) is 6.54 Å². The Labute approximate surface area is 106 Å². The Balaban J connectivity index is 2.48. The molecule has 0 spiro atoms. The van der Waals surface area contributed by atoms with Gasteiger partial charge in [0, 0.05) is 18.0 Å². The average Bonchev–Trinajstić information content (AvgIpc) is 2.56. The number of aromatic nitrogens is 1. The molecule has 0 aliphatic carbocycles. The summed E-state index contributed by atoms with van der Waals surface area (Å²) in [6.45, 7) is 9.09. The lowest BCUT2D eigenvalue weighted by atomic mass is 9.94. The van der Waals surface area contributed by atoms with Crippen molar-refractivity contribution in [1.82, 2.24) is 10.3 Å². The Morgan fingerprint density at radius 3 is 2.59 bits per heavy atom. The number of hydrogen-bond donors (Lipinski definition) is 1. The summed E-state index contributed by atoms with van der Waals surface area (Å²) in [5.41, 5.74) is 0.568. The minimum absolute atomic E-state index is 0.192. The van der Waals surface area contributed by atoms with Crippen molar-refractivity contribution < 1.29 is 9.53 Å². The monoisotopic (exact) mass is 256 g/mol. The van der Waals surface area contributed by atoms with Crippen LogP contribution < -0.4 is 5.32 Å². The van der Waals surface area contributed by atoms with E-state index in [4.69, 9.17) is 4.74 Å². The molecule has 1 N–H and O–H groups in total. The van der Waals surface area contributed by atoms with Crippen molar-refractivity contribution in [2.45, 2.75) is 34.2 Å². The van der Waals surface area contributed by atoms with Gasteiger partial charge < -0.3 is 10.1 Å². The summed E-state index contributed by atoms with van der Waals surface area (Å²) in [6.07, 6.45) is 0. The SMILES string of the molecule is COC(=O)C(C)(C)CNCc1sc(C)nc1C. The van der Waals surface area contributed by atoms with Crippen molar-refractivity contribution in [3.05, 3.63) is 15.6 Å². The molecule has 0 saturated carbocycles. The van der Waals surface area contributed by atoms with E-state index >= 15 is 0 Å². The number of ether oxygens (including phenoxy) is 1. The first-order chi connectivity index (χ1) is 7.86. The molecule has 0 amide bonds. The third-order valence-corrected chi connectivity index (χ3v) is 3.66. The molecule has 5 heteroatoms. The van der Waals surface area contributed by atoms with Gasteiger partial charge in [-0.15, -0.1) is 11.3 Å². The van der Waals surface area contributed by atoms with Crippen LogP contribution >= 0.6 is 11.3 Å². The number of methoxy groups -OCH3 is 1. The second-order valence-corrected chi connectivity index (χ2v) is 6.01. The molecule has 0 saturated heterocycles. The number of aryl methyl sites for hydroxylation is 2. The average molecular weight is 256 g/mol. The summed E-state index contributed by atoms with van der Waals surface area (Å²) in [5, 5.41) is 4.36. The first kappa shape index (κ1) is 14.1. The Bertz CT molecular complexity index is 399. The van der Waals surface area contributed by atoms with Gasteiger partial charge in [0.25, 0.3) is 0 Å². The van der Waals surface area contributed by atoms with E-state index in [9.17, 15) is 4.79 Å². The summed E-state index contributed by atoms with van der Waals surface area (Å²) < 4.78 is 4.76. The van der Waals surface area contributed by atoms with Crippen molar-refractivity contribution in [3.8, 4) is 0 Å². The summed E-state index contributed by atoms with van der Waals surface area (Å²) in [6, 6.07) is 0. The van der Waals surface area contributed by atoms with Gasteiger partial charge in [-0.3, -0.25) is 4.79 Å². The highest BCUT2D eigenvalue weighted by Crippen LogP contribution is 2.19. The van der Waals surface area contributed by atoms with Crippen molar-refractivity contribution in [2.75, 3.05) is 13.7 Å². The molecular formula is C12H20N2O2S. The predicted octanol–water partition coefficient (Wildman–Crippen LogP) is 2.05. The molecule has 1 rings (SSSR count). The topological polar surface area (TPSA) is 51.2 Å². The number of carbonyl (C=O) groups is 1. The van der Waals surface area contributed by atoms with E-state index in [-0.39, 0.29) is 5.97 Å². The van der Waals surface area contributed by atoms with Gasteiger partial charge in [-0.2, -0.15) is 0 Å². The zero-order valence-corrected chi connectivity index (χ0v) is 11.9. The first-order valence-electron chi connectivity index (χ1n) is 5.59. The number of nitrogens with zero attached hydrogens (tertiary/aromatic N) is 1. The number of nitrogens with one attached hydrogen (secondary N) is 1. The van der Waals surface area contributed by atoms with Crippen LogP contribution in [0.15, 0.2) is 0 Å². The van der Waals surface area contributed by atoms with Crippen LogP contribution in [-0.4, -0.2) is 24.6 Å². The molecule has 0 bridgehead atoms. The number of thiazole rings is 1. The Morgan fingerprint density at radius 2 is 2.12 bits per heavy atom. The molecule has 17 heavy (non-hydrogen) atoms. The van der Waals surface area contributed by atoms with Crippen LogP contribution in [0.5, 0.6) is 0 Å². The van der Waals surface area contributed by atoms with Gasteiger partial charge in [0.05, 0.1) is 23.2 Å². The van der Waals surface area contributed by atoms with Gasteiger partial charge in [0.1, 0.15) is 0 Å². The van der Waals surface area contributed by atoms with E-state index in [1.54, 1.807) is 11.3 Å². The molecule has 0 aliphatic rings. The van der Waals surface area contributed by atoms with E-state index in [1.165, 1.54) is 12.0 Å². The van der Waals surface area contributed by atoms with Crippen LogP contribution in [0.2, 0.25) is 0 Å². The van der Waals surface area contributed by atoms with Crippen LogP contribution in [0.4, 0.5) is 0 Å².